The van der Waals surface area contributed by atoms with Crippen molar-refractivity contribution in [2.24, 2.45) is 5.92 Å². The van der Waals surface area contributed by atoms with E-state index in [1.807, 2.05) is 23.9 Å². The first kappa shape index (κ1) is 12.1. The van der Waals surface area contributed by atoms with Gasteiger partial charge in [0.2, 0.25) is 0 Å². The summed E-state index contributed by atoms with van der Waals surface area (Å²) in [5.74, 6) is 0.871. The molecule has 0 amide bonds. The molecule has 1 aromatic carbocycles. The zero-order valence-electron chi connectivity index (χ0n) is 9.58. The molecule has 3 heteroatoms. The Bertz CT molecular complexity index is 367. The number of rotatable bonds is 2. The van der Waals surface area contributed by atoms with E-state index >= 15 is 0 Å². The van der Waals surface area contributed by atoms with Gasteiger partial charge in [-0.05, 0) is 37.0 Å². The van der Waals surface area contributed by atoms with Gasteiger partial charge in [-0.1, -0.05) is 31.4 Å². The van der Waals surface area contributed by atoms with Crippen LogP contribution in [0.2, 0.25) is 5.02 Å². The van der Waals surface area contributed by atoms with Crippen LogP contribution < -0.4 is 5.73 Å². The Morgan fingerprint density at radius 3 is 2.88 bits per heavy atom. The maximum absolute atomic E-state index is 6.02. The minimum absolute atomic E-state index is 0.669. The Morgan fingerprint density at radius 2 is 2.19 bits per heavy atom. The highest BCUT2D eigenvalue weighted by Gasteiger charge is 2.19. The summed E-state index contributed by atoms with van der Waals surface area (Å²) in [6.45, 7) is 2.35. The molecule has 0 radical (unpaired) electrons. The van der Waals surface area contributed by atoms with E-state index in [0.717, 1.165) is 11.2 Å². The standard InChI is InChI=1S/C13H18ClNS/c1-9-3-2-4-10(7-9)16-11-5-6-13(15)12(14)8-11/h5-6,8-10H,2-4,7,15H2,1H3. The van der Waals surface area contributed by atoms with Gasteiger partial charge in [0.05, 0.1) is 10.7 Å². The number of halogens is 1. The van der Waals surface area contributed by atoms with E-state index in [4.69, 9.17) is 17.3 Å². The van der Waals surface area contributed by atoms with Crippen LogP contribution in [0.3, 0.4) is 0 Å². The lowest BCUT2D eigenvalue weighted by molar-refractivity contribution is 0.394. The van der Waals surface area contributed by atoms with Crippen LogP contribution in [-0.2, 0) is 0 Å². The molecule has 16 heavy (non-hydrogen) atoms. The summed E-state index contributed by atoms with van der Waals surface area (Å²) in [6, 6.07) is 5.96. The number of anilines is 1. The Balaban J connectivity index is 2.00. The fourth-order valence-corrected chi connectivity index (χ4v) is 3.93. The fourth-order valence-electron chi connectivity index (χ4n) is 2.26. The highest BCUT2D eigenvalue weighted by Crippen LogP contribution is 2.37. The van der Waals surface area contributed by atoms with Crippen LogP contribution in [0.15, 0.2) is 23.1 Å². The summed E-state index contributed by atoms with van der Waals surface area (Å²) in [4.78, 5) is 1.25. The molecule has 0 spiro atoms. The highest BCUT2D eigenvalue weighted by atomic mass is 35.5. The van der Waals surface area contributed by atoms with Gasteiger partial charge in [0.25, 0.3) is 0 Å². The molecule has 2 atom stereocenters. The van der Waals surface area contributed by atoms with Crippen molar-refractivity contribution < 1.29 is 0 Å². The van der Waals surface area contributed by atoms with Crippen LogP contribution in [-0.4, -0.2) is 5.25 Å². The predicted molar refractivity (Wildman–Crippen MR) is 73.1 cm³/mol. The molecule has 0 saturated heterocycles. The lowest BCUT2D eigenvalue weighted by Gasteiger charge is -2.26. The summed E-state index contributed by atoms with van der Waals surface area (Å²) in [5.41, 5.74) is 6.37. The Labute approximate surface area is 107 Å². The first-order valence-electron chi connectivity index (χ1n) is 5.87. The van der Waals surface area contributed by atoms with Gasteiger partial charge in [0, 0.05) is 10.1 Å². The SMILES string of the molecule is CC1CCCC(Sc2ccc(N)c(Cl)c2)C1. The van der Waals surface area contributed by atoms with Crippen LogP contribution in [0.4, 0.5) is 5.69 Å². The van der Waals surface area contributed by atoms with E-state index in [-0.39, 0.29) is 0 Å². The van der Waals surface area contributed by atoms with Crippen LogP contribution >= 0.6 is 23.4 Å². The van der Waals surface area contributed by atoms with Gasteiger partial charge in [-0.25, -0.2) is 0 Å². The Hall–Kier alpha value is -0.340. The summed E-state index contributed by atoms with van der Waals surface area (Å²) >= 11 is 7.97. The lowest BCUT2D eigenvalue weighted by atomic mass is 9.91. The highest BCUT2D eigenvalue weighted by molar-refractivity contribution is 8.00. The molecular formula is C13H18ClNS. The number of nitrogen functional groups attached to an aromatic ring is 1. The third kappa shape index (κ3) is 3.08. The summed E-state index contributed by atoms with van der Waals surface area (Å²) in [6.07, 6.45) is 5.41. The molecule has 1 saturated carbocycles. The molecule has 0 aromatic heterocycles. The third-order valence-corrected chi connectivity index (χ3v) is 4.78. The topological polar surface area (TPSA) is 26.0 Å². The van der Waals surface area contributed by atoms with Crippen LogP contribution in [0.5, 0.6) is 0 Å². The zero-order valence-corrected chi connectivity index (χ0v) is 11.2. The second-order valence-corrected chi connectivity index (χ2v) is 6.48. The van der Waals surface area contributed by atoms with Gasteiger partial charge in [0.15, 0.2) is 0 Å². The van der Waals surface area contributed by atoms with Gasteiger partial charge in [-0.2, -0.15) is 0 Å². The number of hydrogen-bond acceptors (Lipinski definition) is 2. The van der Waals surface area contributed by atoms with Crippen LogP contribution in [0.1, 0.15) is 32.6 Å². The van der Waals surface area contributed by atoms with E-state index in [2.05, 4.69) is 13.0 Å². The predicted octanol–water partition coefficient (Wildman–Crippen LogP) is 4.59. The smallest absolute Gasteiger partial charge is 0.0646 e. The molecular weight excluding hydrogens is 238 g/mol. The molecule has 0 heterocycles. The monoisotopic (exact) mass is 255 g/mol. The molecule has 1 aliphatic rings. The fraction of sp³-hybridized carbons (Fsp3) is 0.538. The van der Waals surface area contributed by atoms with E-state index in [1.165, 1.54) is 30.6 Å². The van der Waals surface area contributed by atoms with E-state index < -0.39 is 0 Å². The molecule has 1 fully saturated rings. The van der Waals surface area contributed by atoms with E-state index in [0.29, 0.717) is 10.7 Å². The second kappa shape index (κ2) is 5.33. The van der Waals surface area contributed by atoms with Gasteiger partial charge < -0.3 is 5.73 Å². The molecule has 1 nitrogen and oxygen atoms in total. The number of thioether (sulfide) groups is 1. The van der Waals surface area contributed by atoms with Gasteiger partial charge in [-0.3, -0.25) is 0 Å². The van der Waals surface area contributed by atoms with E-state index in [1.54, 1.807) is 0 Å². The lowest BCUT2D eigenvalue weighted by Crippen LogP contribution is -2.14. The van der Waals surface area contributed by atoms with Gasteiger partial charge in [-0.15, -0.1) is 11.8 Å². The largest absolute Gasteiger partial charge is 0.398 e. The maximum Gasteiger partial charge on any atom is 0.0646 e. The number of benzene rings is 1. The quantitative estimate of drug-likeness (QED) is 0.782. The van der Waals surface area contributed by atoms with Crippen molar-refractivity contribution in [3.05, 3.63) is 23.2 Å². The molecule has 2 N–H and O–H groups in total. The number of hydrogen-bond donors (Lipinski definition) is 1. The van der Waals surface area contributed by atoms with Crippen molar-refractivity contribution in [2.45, 2.75) is 42.8 Å². The second-order valence-electron chi connectivity index (χ2n) is 4.69. The molecule has 0 aliphatic heterocycles. The van der Waals surface area contributed by atoms with Crippen molar-refractivity contribution in [3.63, 3.8) is 0 Å². The maximum atomic E-state index is 6.02. The van der Waals surface area contributed by atoms with Crippen molar-refractivity contribution in [2.75, 3.05) is 5.73 Å². The molecule has 0 bridgehead atoms. The van der Waals surface area contributed by atoms with Crippen molar-refractivity contribution in [1.82, 2.24) is 0 Å². The normalized spacial score (nSPS) is 25.6. The molecule has 2 rings (SSSR count). The molecule has 2 unspecified atom stereocenters. The third-order valence-electron chi connectivity index (χ3n) is 3.16. The molecule has 88 valence electrons. The minimum atomic E-state index is 0.669. The molecule has 1 aromatic rings. The average Bonchev–Trinajstić information content (AvgIpc) is 2.24. The van der Waals surface area contributed by atoms with Crippen molar-refractivity contribution in [1.29, 1.82) is 0 Å². The first-order chi connectivity index (χ1) is 7.65. The van der Waals surface area contributed by atoms with Gasteiger partial charge in [0.1, 0.15) is 0 Å². The average molecular weight is 256 g/mol. The zero-order chi connectivity index (χ0) is 11.5. The first-order valence-corrected chi connectivity index (χ1v) is 7.12. The molecule has 1 aliphatic carbocycles. The summed E-state index contributed by atoms with van der Waals surface area (Å²) in [5, 5.41) is 1.43. The van der Waals surface area contributed by atoms with Crippen molar-refractivity contribution in [3.8, 4) is 0 Å². The minimum Gasteiger partial charge on any atom is -0.398 e. The van der Waals surface area contributed by atoms with Crippen molar-refractivity contribution >= 4 is 29.1 Å². The Kier molecular flexibility index (Phi) is 4.04. The number of nitrogens with two attached hydrogens (primary N) is 1. The van der Waals surface area contributed by atoms with Crippen LogP contribution in [0, 0.1) is 5.92 Å². The summed E-state index contributed by atoms with van der Waals surface area (Å²) in [7, 11) is 0. The van der Waals surface area contributed by atoms with Gasteiger partial charge >= 0.3 is 0 Å². The Morgan fingerprint density at radius 1 is 1.38 bits per heavy atom. The van der Waals surface area contributed by atoms with E-state index in [9.17, 15) is 0 Å². The summed E-state index contributed by atoms with van der Waals surface area (Å²) < 4.78 is 0. The van der Waals surface area contributed by atoms with Crippen LogP contribution in [0.25, 0.3) is 0 Å².